The Balaban J connectivity index is 2.41. The minimum Gasteiger partial charge on any atom is -0.258 e. The quantitative estimate of drug-likeness (QED) is 0.629. The number of anilines is 1. The Bertz CT molecular complexity index is 862. The first-order chi connectivity index (χ1) is 10.6. The molecule has 2 rings (SSSR count). The van der Waals surface area contributed by atoms with Crippen molar-refractivity contribution >= 4 is 43.8 Å². The molecular formula is C13H14ClN3O4S2. The molecule has 7 nitrogen and oxygen atoms in total. The minimum atomic E-state index is -4.01. The first-order valence-electron chi connectivity index (χ1n) is 6.54. The van der Waals surface area contributed by atoms with E-state index in [1.807, 2.05) is 13.8 Å². The largest absolute Gasteiger partial charge is 0.275 e. The van der Waals surface area contributed by atoms with Gasteiger partial charge in [0.1, 0.15) is 0 Å². The summed E-state index contributed by atoms with van der Waals surface area (Å²) in [6, 6.07) is 2.17. The molecule has 0 spiro atoms. The number of benzene rings is 1. The van der Waals surface area contributed by atoms with Crippen molar-refractivity contribution in [2.75, 3.05) is 4.72 Å². The summed E-state index contributed by atoms with van der Waals surface area (Å²) < 4.78 is 27.1. The lowest BCUT2D eigenvalue weighted by Gasteiger charge is -2.07. The summed E-state index contributed by atoms with van der Waals surface area (Å²) in [6.07, 6.45) is 0. The summed E-state index contributed by atoms with van der Waals surface area (Å²) in [5.74, 6) is 0.166. The van der Waals surface area contributed by atoms with E-state index in [2.05, 4.69) is 9.71 Å². The molecule has 1 aromatic heterocycles. The molecule has 0 atom stereocenters. The van der Waals surface area contributed by atoms with Crippen molar-refractivity contribution < 1.29 is 13.3 Å². The maximum Gasteiger partial charge on any atom is 0.275 e. The van der Waals surface area contributed by atoms with E-state index in [0.29, 0.717) is 0 Å². The third kappa shape index (κ3) is 3.80. The second-order valence-corrected chi connectivity index (χ2v) is 8.09. The van der Waals surface area contributed by atoms with Gasteiger partial charge in [-0.15, -0.1) is 11.3 Å². The van der Waals surface area contributed by atoms with Crippen LogP contribution in [0.15, 0.2) is 22.4 Å². The number of hydrogen-bond donors (Lipinski definition) is 1. The third-order valence-electron chi connectivity index (χ3n) is 3.13. The SMILES string of the molecule is Cc1c(Cl)cc(S(=O)(=O)Nc2nc(C(C)C)cs2)cc1[N+](=O)[O-]. The van der Waals surface area contributed by atoms with Gasteiger partial charge in [-0.2, -0.15) is 0 Å². The average Bonchev–Trinajstić information content (AvgIpc) is 2.89. The molecule has 0 radical (unpaired) electrons. The zero-order valence-electron chi connectivity index (χ0n) is 12.5. The van der Waals surface area contributed by atoms with Crippen LogP contribution < -0.4 is 4.72 Å². The molecule has 23 heavy (non-hydrogen) atoms. The van der Waals surface area contributed by atoms with Crippen molar-refractivity contribution in [1.82, 2.24) is 4.98 Å². The lowest BCUT2D eigenvalue weighted by Crippen LogP contribution is -2.13. The van der Waals surface area contributed by atoms with E-state index in [-0.39, 0.29) is 32.2 Å². The van der Waals surface area contributed by atoms with E-state index < -0.39 is 14.9 Å². The first kappa shape index (κ1) is 17.6. The molecule has 1 heterocycles. The summed E-state index contributed by atoms with van der Waals surface area (Å²) >= 11 is 7.06. The minimum absolute atomic E-state index is 0.0154. The van der Waals surface area contributed by atoms with Crippen LogP contribution in [0.2, 0.25) is 5.02 Å². The number of nitro groups is 1. The average molecular weight is 376 g/mol. The Kier molecular flexibility index (Phi) is 4.92. The standard InChI is InChI=1S/C13H14ClN3O4S2/c1-7(2)11-6-22-13(15-11)16-23(20,21)9-4-10(14)8(3)12(5-9)17(18)19/h4-7H,1-3H3,(H,15,16). The molecule has 0 aliphatic rings. The molecule has 0 unspecified atom stereocenters. The van der Waals surface area contributed by atoms with E-state index in [9.17, 15) is 18.5 Å². The number of thiazole rings is 1. The Morgan fingerprint density at radius 2 is 2.04 bits per heavy atom. The van der Waals surface area contributed by atoms with E-state index in [0.717, 1.165) is 23.1 Å². The molecule has 10 heteroatoms. The van der Waals surface area contributed by atoms with Crippen LogP contribution in [0, 0.1) is 17.0 Å². The molecule has 0 aliphatic heterocycles. The molecule has 0 bridgehead atoms. The number of halogens is 1. The van der Waals surface area contributed by atoms with Gasteiger partial charge in [-0.3, -0.25) is 14.8 Å². The van der Waals surface area contributed by atoms with Crippen LogP contribution in [-0.4, -0.2) is 18.3 Å². The molecular weight excluding hydrogens is 362 g/mol. The van der Waals surface area contributed by atoms with Gasteiger partial charge in [0, 0.05) is 17.0 Å². The molecule has 124 valence electrons. The van der Waals surface area contributed by atoms with Crippen LogP contribution in [0.1, 0.15) is 31.0 Å². The fourth-order valence-electron chi connectivity index (χ4n) is 1.76. The Hall–Kier alpha value is -1.71. The molecule has 0 fully saturated rings. The topological polar surface area (TPSA) is 102 Å². The summed E-state index contributed by atoms with van der Waals surface area (Å²) in [4.78, 5) is 14.2. The maximum atomic E-state index is 12.4. The summed E-state index contributed by atoms with van der Waals surface area (Å²) in [7, 11) is -4.01. The number of nitrogens with one attached hydrogen (secondary N) is 1. The predicted octanol–water partition coefficient (Wildman–Crippen LogP) is 3.94. The number of nitro benzene ring substituents is 1. The van der Waals surface area contributed by atoms with Gasteiger partial charge < -0.3 is 0 Å². The monoisotopic (exact) mass is 375 g/mol. The van der Waals surface area contributed by atoms with Crippen LogP contribution in [-0.2, 0) is 10.0 Å². The summed E-state index contributed by atoms with van der Waals surface area (Å²) in [5.41, 5.74) is 0.632. The summed E-state index contributed by atoms with van der Waals surface area (Å²) in [5, 5.41) is 13.0. The lowest BCUT2D eigenvalue weighted by molar-refractivity contribution is -0.385. The van der Waals surface area contributed by atoms with Crippen molar-refractivity contribution in [2.24, 2.45) is 0 Å². The first-order valence-corrected chi connectivity index (χ1v) is 9.28. The maximum absolute atomic E-state index is 12.4. The highest BCUT2D eigenvalue weighted by molar-refractivity contribution is 7.93. The number of aromatic nitrogens is 1. The van der Waals surface area contributed by atoms with Crippen LogP contribution >= 0.6 is 22.9 Å². The smallest absolute Gasteiger partial charge is 0.258 e. The lowest BCUT2D eigenvalue weighted by atomic mass is 10.2. The van der Waals surface area contributed by atoms with Gasteiger partial charge in [0.25, 0.3) is 15.7 Å². The van der Waals surface area contributed by atoms with Crippen LogP contribution in [0.3, 0.4) is 0 Å². The van der Waals surface area contributed by atoms with Crippen LogP contribution in [0.4, 0.5) is 10.8 Å². The highest BCUT2D eigenvalue weighted by atomic mass is 35.5. The normalized spacial score (nSPS) is 11.7. The molecule has 2 aromatic rings. The van der Waals surface area contributed by atoms with E-state index >= 15 is 0 Å². The zero-order chi connectivity index (χ0) is 17.4. The van der Waals surface area contributed by atoms with Crippen molar-refractivity contribution in [2.45, 2.75) is 31.6 Å². The highest BCUT2D eigenvalue weighted by Crippen LogP contribution is 2.31. The predicted molar refractivity (Wildman–Crippen MR) is 89.9 cm³/mol. The van der Waals surface area contributed by atoms with Crippen molar-refractivity contribution in [3.05, 3.63) is 43.9 Å². The zero-order valence-corrected chi connectivity index (χ0v) is 14.9. The third-order valence-corrected chi connectivity index (χ3v) is 5.75. The van der Waals surface area contributed by atoms with Crippen molar-refractivity contribution in [1.29, 1.82) is 0 Å². The number of rotatable bonds is 5. The fraction of sp³-hybridized carbons (Fsp3) is 0.308. The second-order valence-electron chi connectivity index (χ2n) is 5.14. The van der Waals surface area contributed by atoms with Gasteiger partial charge in [0.05, 0.1) is 20.5 Å². The Labute approximate surface area is 142 Å². The van der Waals surface area contributed by atoms with E-state index in [1.165, 1.54) is 13.0 Å². The van der Waals surface area contributed by atoms with Gasteiger partial charge >= 0.3 is 0 Å². The van der Waals surface area contributed by atoms with Gasteiger partial charge in [-0.05, 0) is 18.9 Å². The second kappa shape index (κ2) is 6.42. The van der Waals surface area contributed by atoms with E-state index in [4.69, 9.17) is 11.6 Å². The molecule has 0 saturated carbocycles. The molecule has 0 aliphatic carbocycles. The number of sulfonamides is 1. The fourth-order valence-corrected chi connectivity index (χ4v) is 4.21. The molecule has 1 N–H and O–H groups in total. The van der Waals surface area contributed by atoms with Crippen molar-refractivity contribution in [3.63, 3.8) is 0 Å². The van der Waals surface area contributed by atoms with E-state index in [1.54, 1.807) is 5.38 Å². The molecule has 0 amide bonds. The number of hydrogen-bond acceptors (Lipinski definition) is 6. The van der Waals surface area contributed by atoms with Gasteiger partial charge in [-0.1, -0.05) is 25.4 Å². The number of nitrogens with zero attached hydrogens (tertiary/aromatic N) is 2. The molecule has 0 saturated heterocycles. The van der Waals surface area contributed by atoms with Crippen molar-refractivity contribution in [3.8, 4) is 0 Å². The summed E-state index contributed by atoms with van der Waals surface area (Å²) in [6.45, 7) is 5.34. The molecule has 1 aromatic carbocycles. The van der Waals surface area contributed by atoms with Crippen LogP contribution in [0.25, 0.3) is 0 Å². The Morgan fingerprint density at radius 3 is 2.57 bits per heavy atom. The van der Waals surface area contributed by atoms with Gasteiger partial charge in [-0.25, -0.2) is 13.4 Å². The van der Waals surface area contributed by atoms with Crippen LogP contribution in [0.5, 0.6) is 0 Å². The highest BCUT2D eigenvalue weighted by Gasteiger charge is 2.23. The van der Waals surface area contributed by atoms with Gasteiger partial charge in [0.2, 0.25) is 0 Å². The Morgan fingerprint density at radius 1 is 1.39 bits per heavy atom. The van der Waals surface area contributed by atoms with Gasteiger partial charge in [0.15, 0.2) is 5.13 Å².